The number of benzene rings is 1. The molecule has 0 aliphatic heterocycles. The van der Waals surface area contributed by atoms with Crippen LogP contribution in [-0.4, -0.2) is 14.5 Å². The third-order valence-corrected chi connectivity index (χ3v) is 3.23. The molecule has 2 heterocycles. The van der Waals surface area contributed by atoms with E-state index in [-0.39, 0.29) is 5.82 Å². The molecule has 0 unspecified atom stereocenters. The molecule has 0 bridgehead atoms. The molecule has 4 nitrogen and oxygen atoms in total. The molecule has 2 N–H and O–H groups in total. The zero-order chi connectivity index (χ0) is 14.1. The predicted molar refractivity (Wildman–Crippen MR) is 77.6 cm³/mol. The van der Waals surface area contributed by atoms with Gasteiger partial charge in [0.25, 0.3) is 0 Å². The van der Waals surface area contributed by atoms with E-state index in [1.54, 1.807) is 24.5 Å². The minimum absolute atomic E-state index is 0.320. The van der Waals surface area contributed by atoms with Gasteiger partial charge in [-0.1, -0.05) is 6.92 Å². The molecule has 3 rings (SSSR count). The molecule has 0 saturated carbocycles. The van der Waals surface area contributed by atoms with Gasteiger partial charge in [0.2, 0.25) is 0 Å². The Balaban J connectivity index is 2.29. The van der Waals surface area contributed by atoms with Gasteiger partial charge in [0.1, 0.15) is 17.2 Å². The van der Waals surface area contributed by atoms with Crippen molar-refractivity contribution in [2.75, 3.05) is 5.73 Å². The van der Waals surface area contributed by atoms with Crippen LogP contribution in [0.4, 0.5) is 10.1 Å². The van der Waals surface area contributed by atoms with E-state index < -0.39 is 0 Å². The molecule has 5 heteroatoms. The summed E-state index contributed by atoms with van der Waals surface area (Å²) in [7, 11) is 0. The number of pyridine rings is 1. The van der Waals surface area contributed by atoms with Crippen molar-refractivity contribution in [2.24, 2.45) is 0 Å². The van der Waals surface area contributed by atoms with E-state index in [1.165, 1.54) is 6.07 Å². The van der Waals surface area contributed by atoms with Crippen LogP contribution >= 0.6 is 0 Å². The van der Waals surface area contributed by atoms with E-state index in [0.29, 0.717) is 17.1 Å². The van der Waals surface area contributed by atoms with Crippen molar-refractivity contribution in [1.82, 2.24) is 14.5 Å². The van der Waals surface area contributed by atoms with Crippen LogP contribution in [0.25, 0.3) is 22.4 Å². The van der Waals surface area contributed by atoms with Crippen LogP contribution in [0.1, 0.15) is 13.3 Å². The number of nitrogen functional groups attached to an aromatic ring is 1. The standard InChI is InChI=1S/C15H15FN4/c1-2-7-20-14-5-6-18-9-13(14)19-15(20)11-8-10(17)3-4-12(11)16/h3-6,8-9H,2,7,17H2,1H3. The molecule has 1 aromatic carbocycles. The zero-order valence-corrected chi connectivity index (χ0v) is 11.2. The third kappa shape index (κ3) is 2.01. The Morgan fingerprint density at radius 3 is 2.95 bits per heavy atom. The molecule has 20 heavy (non-hydrogen) atoms. The predicted octanol–water partition coefficient (Wildman–Crippen LogP) is 3.23. The van der Waals surface area contributed by atoms with Crippen LogP contribution in [0.15, 0.2) is 36.7 Å². The second-order valence-corrected chi connectivity index (χ2v) is 4.69. The molecule has 0 atom stereocenters. The molecule has 0 saturated heterocycles. The van der Waals surface area contributed by atoms with Crippen LogP contribution < -0.4 is 5.73 Å². The molecule has 2 aromatic heterocycles. The lowest BCUT2D eigenvalue weighted by atomic mass is 10.1. The summed E-state index contributed by atoms with van der Waals surface area (Å²) in [5, 5.41) is 0. The lowest BCUT2D eigenvalue weighted by Crippen LogP contribution is -2.01. The highest BCUT2D eigenvalue weighted by atomic mass is 19.1. The summed E-state index contributed by atoms with van der Waals surface area (Å²) < 4.78 is 16.1. The molecule has 0 amide bonds. The molecule has 0 aliphatic rings. The van der Waals surface area contributed by atoms with Crippen molar-refractivity contribution in [3.63, 3.8) is 0 Å². The Hall–Kier alpha value is -2.43. The third-order valence-electron chi connectivity index (χ3n) is 3.23. The summed E-state index contributed by atoms with van der Waals surface area (Å²) in [5.74, 6) is 0.277. The number of hydrogen-bond donors (Lipinski definition) is 1. The minimum Gasteiger partial charge on any atom is -0.399 e. The Labute approximate surface area is 116 Å². The van der Waals surface area contributed by atoms with Gasteiger partial charge in [0.05, 0.1) is 17.3 Å². The van der Waals surface area contributed by atoms with Crippen molar-refractivity contribution < 1.29 is 4.39 Å². The number of imidazole rings is 1. The molecular weight excluding hydrogens is 255 g/mol. The molecule has 0 fully saturated rings. The highest BCUT2D eigenvalue weighted by Crippen LogP contribution is 2.28. The first-order valence-corrected chi connectivity index (χ1v) is 6.56. The number of nitrogens with zero attached hydrogens (tertiary/aromatic N) is 3. The van der Waals surface area contributed by atoms with E-state index in [2.05, 4.69) is 16.9 Å². The fourth-order valence-electron chi connectivity index (χ4n) is 2.35. The van der Waals surface area contributed by atoms with Crippen molar-refractivity contribution in [3.8, 4) is 11.4 Å². The lowest BCUT2D eigenvalue weighted by molar-refractivity contribution is 0.625. The second-order valence-electron chi connectivity index (χ2n) is 4.69. The smallest absolute Gasteiger partial charge is 0.144 e. The van der Waals surface area contributed by atoms with E-state index >= 15 is 0 Å². The first-order valence-electron chi connectivity index (χ1n) is 6.56. The number of fused-ring (bicyclic) bond motifs is 1. The Morgan fingerprint density at radius 2 is 2.15 bits per heavy atom. The number of aryl methyl sites for hydroxylation is 1. The highest BCUT2D eigenvalue weighted by molar-refractivity contribution is 5.80. The first-order chi connectivity index (χ1) is 9.70. The molecule has 0 aliphatic carbocycles. The van der Waals surface area contributed by atoms with Crippen LogP contribution in [-0.2, 0) is 6.54 Å². The lowest BCUT2D eigenvalue weighted by Gasteiger charge is -2.09. The maximum Gasteiger partial charge on any atom is 0.144 e. The van der Waals surface area contributed by atoms with Crippen molar-refractivity contribution in [1.29, 1.82) is 0 Å². The Morgan fingerprint density at radius 1 is 1.30 bits per heavy atom. The zero-order valence-electron chi connectivity index (χ0n) is 11.2. The van der Waals surface area contributed by atoms with Gasteiger partial charge in [-0.25, -0.2) is 9.37 Å². The summed E-state index contributed by atoms with van der Waals surface area (Å²) in [5.41, 5.74) is 8.43. The van der Waals surface area contributed by atoms with Gasteiger partial charge in [-0.2, -0.15) is 0 Å². The maximum atomic E-state index is 14.1. The largest absolute Gasteiger partial charge is 0.399 e. The van der Waals surface area contributed by atoms with E-state index in [4.69, 9.17) is 5.73 Å². The van der Waals surface area contributed by atoms with Gasteiger partial charge in [-0.05, 0) is 30.7 Å². The normalized spacial score (nSPS) is 11.1. The van der Waals surface area contributed by atoms with E-state index in [1.807, 2.05) is 10.6 Å². The molecule has 102 valence electrons. The monoisotopic (exact) mass is 270 g/mol. The first kappa shape index (κ1) is 12.6. The van der Waals surface area contributed by atoms with Crippen LogP contribution in [0, 0.1) is 5.82 Å². The summed E-state index contributed by atoms with van der Waals surface area (Å²) in [4.78, 5) is 8.58. The number of nitrogens with two attached hydrogens (primary N) is 1. The highest BCUT2D eigenvalue weighted by Gasteiger charge is 2.15. The van der Waals surface area contributed by atoms with E-state index in [0.717, 1.165) is 24.0 Å². The topological polar surface area (TPSA) is 56.7 Å². The van der Waals surface area contributed by atoms with Crippen LogP contribution in [0.2, 0.25) is 0 Å². The van der Waals surface area contributed by atoms with Crippen LogP contribution in [0.3, 0.4) is 0 Å². The summed E-state index contributed by atoms with van der Waals surface area (Å²) in [6, 6.07) is 6.44. The average molecular weight is 270 g/mol. The van der Waals surface area contributed by atoms with Crippen LogP contribution in [0.5, 0.6) is 0 Å². The minimum atomic E-state index is -0.320. The van der Waals surface area contributed by atoms with Gasteiger partial charge in [0, 0.05) is 18.4 Å². The molecule has 0 spiro atoms. The van der Waals surface area contributed by atoms with Gasteiger partial charge in [-0.3, -0.25) is 4.98 Å². The van der Waals surface area contributed by atoms with Gasteiger partial charge in [-0.15, -0.1) is 0 Å². The average Bonchev–Trinajstić information content (AvgIpc) is 2.81. The molecule has 3 aromatic rings. The Kier molecular flexibility index (Phi) is 3.10. The fourth-order valence-corrected chi connectivity index (χ4v) is 2.35. The van der Waals surface area contributed by atoms with Gasteiger partial charge in [0.15, 0.2) is 0 Å². The van der Waals surface area contributed by atoms with Crippen molar-refractivity contribution >= 4 is 16.7 Å². The quantitative estimate of drug-likeness (QED) is 0.743. The molecule has 0 radical (unpaired) electrons. The summed E-state index contributed by atoms with van der Waals surface area (Å²) >= 11 is 0. The molecular formula is C15H15FN4. The SMILES string of the molecule is CCCn1c(-c2cc(N)ccc2F)nc2cnccc21. The number of hydrogen-bond acceptors (Lipinski definition) is 3. The number of halogens is 1. The maximum absolute atomic E-state index is 14.1. The number of aromatic nitrogens is 3. The summed E-state index contributed by atoms with van der Waals surface area (Å²) in [6.45, 7) is 2.84. The van der Waals surface area contributed by atoms with Crippen molar-refractivity contribution in [2.45, 2.75) is 19.9 Å². The fraction of sp³-hybridized carbons (Fsp3) is 0.200. The second kappa shape index (κ2) is 4.92. The number of rotatable bonds is 3. The van der Waals surface area contributed by atoms with Gasteiger partial charge < -0.3 is 10.3 Å². The van der Waals surface area contributed by atoms with Crippen molar-refractivity contribution in [3.05, 3.63) is 42.5 Å². The number of anilines is 1. The Bertz CT molecular complexity index is 764. The summed E-state index contributed by atoms with van der Waals surface area (Å²) in [6.07, 6.45) is 4.34. The van der Waals surface area contributed by atoms with Gasteiger partial charge >= 0.3 is 0 Å². The van der Waals surface area contributed by atoms with E-state index in [9.17, 15) is 4.39 Å².